The molecule has 1 aromatic carbocycles. The van der Waals surface area contributed by atoms with Crippen molar-refractivity contribution >= 4 is 11.6 Å². The molecule has 2 aromatic rings. The van der Waals surface area contributed by atoms with E-state index in [1.54, 1.807) is 6.92 Å². The molecule has 0 amide bonds. The number of aromatic nitrogens is 2. The van der Waals surface area contributed by atoms with E-state index in [4.69, 9.17) is 16.1 Å². The maximum Gasteiger partial charge on any atom is 0.244 e. The summed E-state index contributed by atoms with van der Waals surface area (Å²) < 4.78 is 5.23. The van der Waals surface area contributed by atoms with Gasteiger partial charge in [-0.1, -0.05) is 42.7 Å². The van der Waals surface area contributed by atoms with Gasteiger partial charge in [0.05, 0.1) is 12.1 Å². The van der Waals surface area contributed by atoms with Crippen LogP contribution in [0.1, 0.15) is 37.2 Å². The van der Waals surface area contributed by atoms with Gasteiger partial charge in [-0.3, -0.25) is 0 Å². The van der Waals surface area contributed by atoms with Gasteiger partial charge < -0.3 is 14.9 Å². The third-order valence-electron chi connectivity index (χ3n) is 3.41. The Morgan fingerprint density at radius 2 is 2.14 bits per heavy atom. The van der Waals surface area contributed by atoms with E-state index in [9.17, 15) is 5.11 Å². The summed E-state index contributed by atoms with van der Waals surface area (Å²) in [7, 11) is 0. The highest BCUT2D eigenvalue weighted by molar-refractivity contribution is 6.30. The molecular weight excluding hydrogens is 302 g/mol. The molecule has 0 bridgehead atoms. The van der Waals surface area contributed by atoms with Crippen molar-refractivity contribution in [3.63, 3.8) is 0 Å². The molecule has 1 heterocycles. The first-order valence-corrected chi connectivity index (χ1v) is 7.79. The van der Waals surface area contributed by atoms with Crippen LogP contribution in [0, 0.1) is 12.8 Å². The Balaban J connectivity index is 1.92. The molecule has 0 fully saturated rings. The number of aryl methyl sites for hydroxylation is 1. The average molecular weight is 324 g/mol. The highest BCUT2D eigenvalue weighted by Crippen LogP contribution is 2.20. The van der Waals surface area contributed by atoms with Crippen LogP contribution < -0.4 is 5.32 Å². The minimum absolute atomic E-state index is 0.0739. The number of nitrogens with one attached hydrogen (secondary N) is 1. The zero-order valence-corrected chi connectivity index (χ0v) is 13.8. The Labute approximate surface area is 135 Å². The van der Waals surface area contributed by atoms with Gasteiger partial charge in [-0.2, -0.15) is 4.98 Å². The van der Waals surface area contributed by atoms with Crippen molar-refractivity contribution in [3.05, 3.63) is 46.6 Å². The topological polar surface area (TPSA) is 71.2 Å². The van der Waals surface area contributed by atoms with Crippen LogP contribution in [-0.4, -0.2) is 27.9 Å². The third-order valence-corrected chi connectivity index (χ3v) is 3.64. The van der Waals surface area contributed by atoms with E-state index in [1.165, 1.54) is 0 Å². The summed E-state index contributed by atoms with van der Waals surface area (Å²) in [6.07, 6.45) is 0.0325. The summed E-state index contributed by atoms with van der Waals surface area (Å²) in [5, 5.41) is 18.0. The second-order valence-corrected chi connectivity index (χ2v) is 6.23. The van der Waals surface area contributed by atoms with Crippen LogP contribution in [0.25, 0.3) is 0 Å². The monoisotopic (exact) mass is 323 g/mol. The molecule has 2 atom stereocenters. The molecule has 0 aliphatic rings. The van der Waals surface area contributed by atoms with Crippen LogP contribution in [0.3, 0.4) is 0 Å². The lowest BCUT2D eigenvalue weighted by molar-refractivity contribution is 0.158. The van der Waals surface area contributed by atoms with Gasteiger partial charge in [-0.15, -0.1) is 0 Å². The molecule has 0 radical (unpaired) electrons. The summed E-state index contributed by atoms with van der Waals surface area (Å²) in [4.78, 5) is 4.27. The van der Waals surface area contributed by atoms with E-state index in [0.717, 1.165) is 5.56 Å². The molecule has 6 heteroatoms. The number of aliphatic hydroxyl groups excluding tert-OH is 1. The van der Waals surface area contributed by atoms with E-state index < -0.39 is 6.10 Å². The van der Waals surface area contributed by atoms with E-state index >= 15 is 0 Å². The van der Waals surface area contributed by atoms with E-state index in [2.05, 4.69) is 29.3 Å². The molecule has 0 aliphatic heterocycles. The predicted molar refractivity (Wildman–Crippen MR) is 85.8 cm³/mol. The molecule has 2 unspecified atom stereocenters. The fraction of sp³-hybridized carbons (Fsp3) is 0.500. The molecule has 22 heavy (non-hydrogen) atoms. The second-order valence-electron chi connectivity index (χ2n) is 5.80. The van der Waals surface area contributed by atoms with Crippen molar-refractivity contribution in [3.8, 4) is 0 Å². The van der Waals surface area contributed by atoms with Gasteiger partial charge in [-0.25, -0.2) is 0 Å². The molecule has 2 N–H and O–H groups in total. The molecule has 0 saturated heterocycles. The van der Waals surface area contributed by atoms with Gasteiger partial charge in [0.1, 0.15) is 0 Å². The lowest BCUT2D eigenvalue weighted by atomic mass is 10.0. The van der Waals surface area contributed by atoms with E-state index in [0.29, 0.717) is 29.7 Å². The zero-order valence-electron chi connectivity index (χ0n) is 13.1. The number of rotatable bonds is 7. The molecule has 1 aromatic heterocycles. The number of benzene rings is 1. The highest BCUT2D eigenvalue weighted by atomic mass is 35.5. The summed E-state index contributed by atoms with van der Waals surface area (Å²) in [5.74, 6) is 1.45. The van der Waals surface area contributed by atoms with Crippen LogP contribution in [0.5, 0.6) is 0 Å². The van der Waals surface area contributed by atoms with Gasteiger partial charge in [0, 0.05) is 11.6 Å². The lowest BCUT2D eigenvalue weighted by Gasteiger charge is -2.20. The Bertz CT molecular complexity index is 601. The third kappa shape index (κ3) is 4.80. The molecule has 5 nitrogen and oxygen atoms in total. The fourth-order valence-electron chi connectivity index (χ4n) is 2.32. The zero-order chi connectivity index (χ0) is 16.1. The number of halogens is 1. The SMILES string of the molecule is Cc1noc(C(NCC(O)Cc2cccc(Cl)c2)C(C)C)n1. The van der Waals surface area contributed by atoms with Crippen molar-refractivity contribution < 1.29 is 9.63 Å². The van der Waals surface area contributed by atoms with Gasteiger partial charge >= 0.3 is 0 Å². The van der Waals surface area contributed by atoms with Crippen molar-refractivity contribution in [2.75, 3.05) is 6.54 Å². The first-order chi connectivity index (χ1) is 10.5. The van der Waals surface area contributed by atoms with Crippen LogP contribution in [0.2, 0.25) is 5.02 Å². The standard InChI is InChI=1S/C16H22ClN3O2/c1-10(2)15(16-19-11(3)20-22-16)18-9-14(21)8-12-5-4-6-13(17)7-12/h4-7,10,14-15,18,21H,8-9H2,1-3H3. The van der Waals surface area contributed by atoms with E-state index in [1.807, 2.05) is 24.3 Å². The number of hydrogen-bond donors (Lipinski definition) is 2. The van der Waals surface area contributed by atoms with Crippen molar-refractivity contribution in [2.24, 2.45) is 5.92 Å². The van der Waals surface area contributed by atoms with Crippen molar-refractivity contribution in [2.45, 2.75) is 39.3 Å². The summed E-state index contributed by atoms with van der Waals surface area (Å²) in [6, 6.07) is 7.45. The van der Waals surface area contributed by atoms with Crippen LogP contribution >= 0.6 is 11.6 Å². The molecule has 120 valence electrons. The summed E-state index contributed by atoms with van der Waals surface area (Å²) >= 11 is 5.95. The van der Waals surface area contributed by atoms with Crippen LogP contribution in [0.15, 0.2) is 28.8 Å². The molecular formula is C16H22ClN3O2. The van der Waals surface area contributed by atoms with E-state index in [-0.39, 0.29) is 12.0 Å². The summed E-state index contributed by atoms with van der Waals surface area (Å²) in [6.45, 7) is 6.37. The second kappa shape index (κ2) is 7.72. The average Bonchev–Trinajstić information content (AvgIpc) is 2.85. The number of hydrogen-bond acceptors (Lipinski definition) is 5. The van der Waals surface area contributed by atoms with Gasteiger partial charge in [0.25, 0.3) is 0 Å². The molecule has 0 saturated carbocycles. The van der Waals surface area contributed by atoms with Gasteiger partial charge in [0.2, 0.25) is 5.89 Å². The lowest BCUT2D eigenvalue weighted by Crippen LogP contribution is -2.34. The van der Waals surface area contributed by atoms with Gasteiger partial charge in [0.15, 0.2) is 5.82 Å². The van der Waals surface area contributed by atoms with Crippen LogP contribution in [-0.2, 0) is 6.42 Å². The quantitative estimate of drug-likeness (QED) is 0.819. The predicted octanol–water partition coefficient (Wildman–Crippen LogP) is 2.92. The van der Waals surface area contributed by atoms with Gasteiger partial charge in [-0.05, 0) is 37.0 Å². The number of aliphatic hydroxyl groups is 1. The smallest absolute Gasteiger partial charge is 0.244 e. The maximum atomic E-state index is 10.2. The maximum absolute atomic E-state index is 10.2. The first kappa shape index (κ1) is 16.9. The number of nitrogens with zero attached hydrogens (tertiary/aromatic N) is 2. The molecule has 2 rings (SSSR count). The van der Waals surface area contributed by atoms with Crippen LogP contribution in [0.4, 0.5) is 0 Å². The Hall–Kier alpha value is -1.43. The minimum Gasteiger partial charge on any atom is -0.391 e. The van der Waals surface area contributed by atoms with Crippen molar-refractivity contribution in [1.82, 2.24) is 15.5 Å². The first-order valence-electron chi connectivity index (χ1n) is 7.42. The minimum atomic E-state index is -0.510. The fourth-order valence-corrected chi connectivity index (χ4v) is 2.53. The Morgan fingerprint density at radius 3 is 2.73 bits per heavy atom. The Morgan fingerprint density at radius 1 is 1.36 bits per heavy atom. The Kier molecular flexibility index (Phi) is 5.94. The molecule has 0 aliphatic carbocycles. The molecule has 0 spiro atoms. The van der Waals surface area contributed by atoms with Crippen molar-refractivity contribution in [1.29, 1.82) is 0 Å². The largest absolute Gasteiger partial charge is 0.391 e. The summed E-state index contributed by atoms with van der Waals surface area (Å²) in [5.41, 5.74) is 1.01. The highest BCUT2D eigenvalue weighted by Gasteiger charge is 2.22. The normalized spacial score (nSPS) is 14.3.